The Morgan fingerprint density at radius 3 is 2.44 bits per heavy atom. The normalized spacial score (nSPS) is 15.3. The number of nitrogen functional groups attached to an aromatic ring is 1. The molecule has 0 saturated carbocycles. The lowest BCUT2D eigenvalue weighted by Gasteiger charge is -2.34. The Labute approximate surface area is 161 Å². The lowest BCUT2D eigenvalue weighted by Crippen LogP contribution is -2.49. The molecule has 2 aromatic rings. The summed E-state index contributed by atoms with van der Waals surface area (Å²) in [4.78, 5) is 16.9. The molecule has 0 radical (unpaired) electrons. The average Bonchev–Trinajstić information content (AvgIpc) is 2.69. The molecule has 0 amide bonds. The lowest BCUT2D eigenvalue weighted by atomic mass is 10.3. The van der Waals surface area contributed by atoms with Crippen LogP contribution in [0.3, 0.4) is 0 Å². The molecule has 2 N–H and O–H groups in total. The van der Waals surface area contributed by atoms with E-state index in [1.165, 1.54) is 22.6 Å². The summed E-state index contributed by atoms with van der Waals surface area (Å²) < 4.78 is 27.2. The zero-order valence-electron chi connectivity index (χ0n) is 14.0. The van der Waals surface area contributed by atoms with Crippen molar-refractivity contribution in [3.63, 3.8) is 0 Å². The predicted molar refractivity (Wildman–Crippen MR) is 101 cm³/mol. The number of halogens is 1. The summed E-state index contributed by atoms with van der Waals surface area (Å²) in [5.74, 6) is 0.656. The molecule has 0 bridgehead atoms. The van der Waals surface area contributed by atoms with Gasteiger partial charge in [-0.1, -0.05) is 11.6 Å². The van der Waals surface area contributed by atoms with Crippen LogP contribution in [0, 0.1) is 16.2 Å². The minimum absolute atomic E-state index is 0.0478. The Morgan fingerprint density at radius 2 is 1.89 bits per heavy atom. The smallest absolute Gasteiger partial charge is 0.247 e. The quantitative estimate of drug-likeness (QED) is 0.607. The van der Waals surface area contributed by atoms with E-state index < -0.39 is 10.0 Å². The molecule has 0 aliphatic carbocycles. The second kappa shape index (κ2) is 7.48. The monoisotopic (exact) mass is 406 g/mol. The lowest BCUT2D eigenvalue weighted by molar-refractivity contribution is 0.384. The van der Waals surface area contributed by atoms with E-state index in [-0.39, 0.29) is 34.4 Å². The number of anilines is 2. The van der Waals surface area contributed by atoms with E-state index in [4.69, 9.17) is 22.6 Å². The topological polar surface area (TPSA) is 133 Å². The molecule has 1 aliphatic heterocycles. The van der Waals surface area contributed by atoms with Crippen LogP contribution in [0.5, 0.6) is 0 Å². The van der Waals surface area contributed by atoms with Crippen LogP contribution < -0.4 is 10.6 Å². The number of nitrogens with zero attached hydrogens (tertiary/aromatic N) is 5. The van der Waals surface area contributed by atoms with Crippen molar-refractivity contribution in [2.45, 2.75) is 4.90 Å². The number of piperazine rings is 1. The first-order valence-corrected chi connectivity index (χ1v) is 9.73. The number of nitriles is 1. The summed E-state index contributed by atoms with van der Waals surface area (Å²) in [5, 5.41) is 11.5. The van der Waals surface area contributed by atoms with Gasteiger partial charge in [0.2, 0.25) is 10.0 Å². The molecule has 140 valence electrons. The zero-order valence-corrected chi connectivity index (χ0v) is 15.6. The number of sulfonamides is 1. The summed E-state index contributed by atoms with van der Waals surface area (Å²) in [6.07, 6.45) is 1.47. The van der Waals surface area contributed by atoms with E-state index in [9.17, 15) is 13.3 Å². The predicted octanol–water partition coefficient (Wildman–Crippen LogP) is 2.10. The first-order chi connectivity index (χ1) is 12.9. The molecule has 27 heavy (non-hydrogen) atoms. The van der Waals surface area contributed by atoms with Gasteiger partial charge in [0.15, 0.2) is 5.69 Å². The van der Waals surface area contributed by atoms with Crippen LogP contribution in [0.15, 0.2) is 40.5 Å². The van der Waals surface area contributed by atoms with Crippen molar-refractivity contribution >= 4 is 38.8 Å². The van der Waals surface area contributed by atoms with Crippen molar-refractivity contribution in [2.75, 3.05) is 36.8 Å². The van der Waals surface area contributed by atoms with Gasteiger partial charge in [0.25, 0.3) is 0 Å². The third-order valence-corrected chi connectivity index (χ3v) is 6.64. The molecule has 1 aliphatic rings. The van der Waals surface area contributed by atoms with Gasteiger partial charge in [0.05, 0.1) is 16.3 Å². The van der Waals surface area contributed by atoms with Crippen molar-refractivity contribution in [1.29, 1.82) is 5.26 Å². The van der Waals surface area contributed by atoms with E-state index in [0.29, 0.717) is 24.5 Å². The van der Waals surface area contributed by atoms with Crippen molar-refractivity contribution in [1.82, 2.24) is 9.29 Å². The second-order valence-electron chi connectivity index (χ2n) is 5.81. The molecule has 1 saturated heterocycles. The van der Waals surface area contributed by atoms with Gasteiger partial charge in [-0.2, -0.15) is 9.57 Å². The highest BCUT2D eigenvalue weighted by atomic mass is 35.5. The number of rotatable bonds is 4. The molecular formula is C16H15ClN6O3S. The third-order valence-electron chi connectivity index (χ3n) is 4.24. The van der Waals surface area contributed by atoms with Crippen molar-refractivity contribution in [3.05, 3.63) is 46.0 Å². The number of pyridine rings is 1. The van der Waals surface area contributed by atoms with Gasteiger partial charge in [-0.3, -0.25) is 0 Å². The molecule has 9 nitrogen and oxygen atoms in total. The van der Waals surface area contributed by atoms with Gasteiger partial charge >= 0.3 is 0 Å². The number of hydrogen-bond acceptors (Lipinski definition) is 8. The van der Waals surface area contributed by atoms with Crippen molar-refractivity contribution in [2.24, 2.45) is 5.18 Å². The Hall–Kier alpha value is -2.74. The minimum atomic E-state index is -4.04. The van der Waals surface area contributed by atoms with E-state index >= 15 is 0 Å². The fourth-order valence-corrected chi connectivity index (χ4v) is 4.89. The Morgan fingerprint density at radius 1 is 1.19 bits per heavy atom. The molecule has 11 heteroatoms. The zero-order chi connectivity index (χ0) is 19.6. The highest BCUT2D eigenvalue weighted by molar-refractivity contribution is 7.89. The maximum atomic E-state index is 13.0. The van der Waals surface area contributed by atoms with Gasteiger partial charge in [0.1, 0.15) is 16.8 Å². The highest BCUT2D eigenvalue weighted by Crippen LogP contribution is 2.38. The van der Waals surface area contributed by atoms with Crippen LogP contribution in [-0.4, -0.2) is 43.9 Å². The largest absolute Gasteiger partial charge is 0.397 e. The van der Waals surface area contributed by atoms with Crippen molar-refractivity contribution < 1.29 is 8.42 Å². The summed E-state index contributed by atoms with van der Waals surface area (Å²) >= 11 is 6.03. The number of nitrogens with two attached hydrogens (primary N) is 1. The summed E-state index contributed by atoms with van der Waals surface area (Å²) in [5.41, 5.74) is 5.70. The maximum absolute atomic E-state index is 13.0. The van der Waals surface area contributed by atoms with Gasteiger partial charge < -0.3 is 10.6 Å². The molecule has 0 unspecified atom stereocenters. The SMILES string of the molecule is N#Cc1ccc(N2CCN(S(=O)(=O)c3c(Cl)ccc(N)c3N=O)CC2)nc1. The van der Waals surface area contributed by atoms with Crippen LogP contribution >= 0.6 is 11.6 Å². The Kier molecular flexibility index (Phi) is 5.27. The van der Waals surface area contributed by atoms with Gasteiger partial charge in [0, 0.05) is 32.4 Å². The number of benzene rings is 1. The molecule has 1 aromatic heterocycles. The third kappa shape index (κ3) is 3.57. The van der Waals surface area contributed by atoms with E-state index in [1.807, 2.05) is 11.0 Å². The maximum Gasteiger partial charge on any atom is 0.247 e. The summed E-state index contributed by atoms with van der Waals surface area (Å²) in [6, 6.07) is 8.03. The number of hydrogen-bond donors (Lipinski definition) is 1. The van der Waals surface area contributed by atoms with Gasteiger partial charge in [-0.05, 0) is 29.4 Å². The first kappa shape index (κ1) is 19.0. The van der Waals surface area contributed by atoms with Crippen molar-refractivity contribution in [3.8, 4) is 6.07 Å². The molecule has 1 fully saturated rings. The Balaban J connectivity index is 1.82. The molecule has 2 heterocycles. The molecule has 0 atom stereocenters. The summed E-state index contributed by atoms with van der Waals surface area (Å²) in [7, 11) is -4.04. The average molecular weight is 407 g/mol. The standard InChI is InChI=1S/C16H15ClN6O3S/c17-12-2-3-13(19)15(21-24)16(12)27(25,26)23-7-5-22(6-8-23)14-4-1-11(9-18)10-20-14/h1-4,10H,5-8,19H2. The van der Waals surface area contributed by atoms with Gasteiger partial charge in [-0.15, -0.1) is 4.91 Å². The van der Waals surface area contributed by atoms with Crippen LogP contribution in [0.2, 0.25) is 5.02 Å². The van der Waals surface area contributed by atoms with E-state index in [1.54, 1.807) is 12.1 Å². The molecule has 1 aromatic carbocycles. The number of nitroso groups, excluding NO2 is 1. The van der Waals surface area contributed by atoms with Crippen LogP contribution in [0.25, 0.3) is 0 Å². The molecular weight excluding hydrogens is 392 g/mol. The molecule has 0 spiro atoms. The van der Waals surface area contributed by atoms with E-state index in [2.05, 4.69) is 10.2 Å². The number of aromatic nitrogens is 1. The van der Waals surface area contributed by atoms with Crippen LogP contribution in [-0.2, 0) is 10.0 Å². The van der Waals surface area contributed by atoms with Crippen LogP contribution in [0.1, 0.15) is 5.56 Å². The van der Waals surface area contributed by atoms with E-state index in [0.717, 1.165) is 0 Å². The van der Waals surface area contributed by atoms with Crippen LogP contribution in [0.4, 0.5) is 17.2 Å². The summed E-state index contributed by atoms with van der Waals surface area (Å²) in [6.45, 7) is 1.13. The second-order valence-corrected chi connectivity index (χ2v) is 8.10. The Bertz CT molecular complexity index is 1010. The fourth-order valence-electron chi connectivity index (χ4n) is 2.83. The first-order valence-electron chi connectivity index (χ1n) is 7.91. The van der Waals surface area contributed by atoms with Gasteiger partial charge in [-0.25, -0.2) is 13.4 Å². The highest BCUT2D eigenvalue weighted by Gasteiger charge is 2.33. The molecule has 3 rings (SSSR count). The fraction of sp³-hybridized carbons (Fsp3) is 0.250. The minimum Gasteiger partial charge on any atom is -0.397 e.